The van der Waals surface area contributed by atoms with Crippen molar-refractivity contribution in [3.05, 3.63) is 23.8 Å². The lowest BCUT2D eigenvalue weighted by molar-refractivity contribution is -0.133. The minimum atomic E-state index is -0.451. The van der Waals surface area contributed by atoms with Crippen LogP contribution >= 0.6 is 0 Å². The van der Waals surface area contributed by atoms with E-state index in [2.05, 4.69) is 26.8 Å². The molecule has 0 spiro atoms. The van der Waals surface area contributed by atoms with Crippen molar-refractivity contribution in [2.75, 3.05) is 14.2 Å². The third-order valence-corrected chi connectivity index (χ3v) is 3.96. The summed E-state index contributed by atoms with van der Waals surface area (Å²) in [5.74, 6) is 0.386. The Kier molecular flexibility index (Phi) is 5.95. The second-order valence-corrected chi connectivity index (χ2v) is 5.88. The molecule has 0 heterocycles. The van der Waals surface area contributed by atoms with E-state index in [1.165, 1.54) is 5.57 Å². The molecule has 0 aromatic rings. The van der Waals surface area contributed by atoms with Gasteiger partial charge in [0.1, 0.15) is 0 Å². The average molecular weight is 266 g/mol. The molecule has 19 heavy (non-hydrogen) atoms. The minimum absolute atomic E-state index is 0.0443. The van der Waals surface area contributed by atoms with Gasteiger partial charge in [0, 0.05) is 20.1 Å². The SMILES string of the molecule is COC(CC(=O)/C=C/C1C(C)=CCCC1(C)C)OC. The summed E-state index contributed by atoms with van der Waals surface area (Å²) in [7, 11) is 3.09. The van der Waals surface area contributed by atoms with Gasteiger partial charge in [0.05, 0.1) is 6.42 Å². The Labute approximate surface area is 116 Å². The molecule has 1 atom stereocenters. The van der Waals surface area contributed by atoms with Gasteiger partial charge in [-0.1, -0.05) is 31.6 Å². The van der Waals surface area contributed by atoms with Crippen molar-refractivity contribution in [3.8, 4) is 0 Å². The number of hydrogen-bond acceptors (Lipinski definition) is 3. The Hall–Kier alpha value is -0.930. The lowest BCUT2D eigenvalue weighted by Gasteiger charge is -2.36. The molecule has 1 aliphatic carbocycles. The zero-order valence-electron chi connectivity index (χ0n) is 12.7. The van der Waals surface area contributed by atoms with Gasteiger partial charge < -0.3 is 9.47 Å². The van der Waals surface area contributed by atoms with Crippen LogP contribution in [0, 0.1) is 11.3 Å². The van der Waals surface area contributed by atoms with Crippen molar-refractivity contribution >= 4 is 5.78 Å². The Morgan fingerprint density at radius 3 is 2.63 bits per heavy atom. The first-order valence-electron chi connectivity index (χ1n) is 6.84. The summed E-state index contributed by atoms with van der Waals surface area (Å²) >= 11 is 0. The molecule has 0 amide bonds. The standard InChI is InChI=1S/C16H26O3/c1-12-7-6-10-16(2,3)14(12)9-8-13(17)11-15(18-4)19-5/h7-9,14-15H,6,10-11H2,1-5H3/b9-8+. The van der Waals surface area contributed by atoms with Gasteiger partial charge in [-0.25, -0.2) is 0 Å². The molecule has 0 aromatic carbocycles. The van der Waals surface area contributed by atoms with Gasteiger partial charge in [0.25, 0.3) is 0 Å². The summed E-state index contributed by atoms with van der Waals surface area (Å²) in [4.78, 5) is 11.9. The monoisotopic (exact) mass is 266 g/mol. The molecule has 0 aliphatic heterocycles. The van der Waals surface area contributed by atoms with Crippen molar-refractivity contribution in [2.45, 2.75) is 46.3 Å². The van der Waals surface area contributed by atoms with Crippen LogP contribution in [0.3, 0.4) is 0 Å². The second kappa shape index (κ2) is 7.01. The van der Waals surface area contributed by atoms with E-state index in [1.54, 1.807) is 20.3 Å². The zero-order chi connectivity index (χ0) is 14.5. The number of ketones is 1. The molecule has 0 saturated heterocycles. The topological polar surface area (TPSA) is 35.5 Å². The quantitative estimate of drug-likeness (QED) is 0.419. The molecule has 0 radical (unpaired) electrons. The van der Waals surface area contributed by atoms with Crippen molar-refractivity contribution in [1.82, 2.24) is 0 Å². The first-order chi connectivity index (χ1) is 8.90. The van der Waals surface area contributed by atoms with Crippen LogP contribution in [0.4, 0.5) is 0 Å². The van der Waals surface area contributed by atoms with Gasteiger partial charge in [-0.2, -0.15) is 0 Å². The third kappa shape index (κ3) is 4.59. The summed E-state index contributed by atoms with van der Waals surface area (Å²) in [6.45, 7) is 6.67. The van der Waals surface area contributed by atoms with E-state index in [1.807, 2.05) is 6.08 Å². The van der Waals surface area contributed by atoms with Crippen LogP contribution in [-0.2, 0) is 14.3 Å². The van der Waals surface area contributed by atoms with Gasteiger partial charge in [0.2, 0.25) is 0 Å². The molecule has 0 N–H and O–H groups in total. The number of hydrogen-bond donors (Lipinski definition) is 0. The predicted molar refractivity (Wildman–Crippen MR) is 76.8 cm³/mol. The third-order valence-electron chi connectivity index (χ3n) is 3.96. The lowest BCUT2D eigenvalue weighted by atomic mass is 9.68. The summed E-state index contributed by atoms with van der Waals surface area (Å²) in [6.07, 6.45) is 8.10. The fraction of sp³-hybridized carbons (Fsp3) is 0.688. The van der Waals surface area contributed by atoms with E-state index < -0.39 is 6.29 Å². The minimum Gasteiger partial charge on any atom is -0.355 e. The number of rotatable bonds is 6. The highest BCUT2D eigenvalue weighted by atomic mass is 16.7. The van der Waals surface area contributed by atoms with Crippen molar-refractivity contribution in [1.29, 1.82) is 0 Å². The molecule has 0 saturated carbocycles. The fourth-order valence-electron chi connectivity index (χ4n) is 2.68. The molecular weight excluding hydrogens is 240 g/mol. The average Bonchev–Trinajstić information content (AvgIpc) is 2.34. The number of methoxy groups -OCH3 is 2. The highest BCUT2D eigenvalue weighted by molar-refractivity contribution is 5.89. The zero-order valence-corrected chi connectivity index (χ0v) is 12.7. The number of ether oxygens (including phenoxy) is 2. The normalized spacial score (nSPS) is 22.8. The van der Waals surface area contributed by atoms with Crippen LogP contribution in [0.2, 0.25) is 0 Å². The number of carbonyl (C=O) groups excluding carboxylic acids is 1. The van der Waals surface area contributed by atoms with Crippen LogP contribution in [0.1, 0.15) is 40.0 Å². The molecule has 0 bridgehead atoms. The van der Waals surface area contributed by atoms with E-state index >= 15 is 0 Å². The van der Waals surface area contributed by atoms with Gasteiger partial charge >= 0.3 is 0 Å². The molecule has 0 aromatic heterocycles. The molecule has 1 unspecified atom stereocenters. The summed E-state index contributed by atoms with van der Waals surface area (Å²) < 4.78 is 10.1. The van der Waals surface area contributed by atoms with E-state index in [0.29, 0.717) is 5.92 Å². The van der Waals surface area contributed by atoms with Gasteiger partial charge in [-0.05, 0) is 31.3 Å². The fourth-order valence-corrected chi connectivity index (χ4v) is 2.68. The second-order valence-electron chi connectivity index (χ2n) is 5.88. The van der Waals surface area contributed by atoms with Crippen LogP contribution in [-0.4, -0.2) is 26.3 Å². The van der Waals surface area contributed by atoms with E-state index in [4.69, 9.17) is 9.47 Å². The predicted octanol–water partition coefficient (Wildman–Crippen LogP) is 3.50. The Morgan fingerprint density at radius 2 is 2.11 bits per heavy atom. The Bertz CT molecular complexity index is 362. The smallest absolute Gasteiger partial charge is 0.164 e. The Balaban J connectivity index is 2.66. The van der Waals surface area contributed by atoms with Gasteiger partial charge in [-0.15, -0.1) is 0 Å². The van der Waals surface area contributed by atoms with Crippen LogP contribution in [0.15, 0.2) is 23.8 Å². The molecule has 0 fully saturated rings. The Morgan fingerprint density at radius 1 is 1.47 bits per heavy atom. The number of carbonyl (C=O) groups is 1. The highest BCUT2D eigenvalue weighted by Gasteiger charge is 2.30. The van der Waals surface area contributed by atoms with Crippen LogP contribution in [0.5, 0.6) is 0 Å². The van der Waals surface area contributed by atoms with Gasteiger partial charge in [-0.3, -0.25) is 4.79 Å². The largest absolute Gasteiger partial charge is 0.355 e. The molecule has 3 nitrogen and oxygen atoms in total. The van der Waals surface area contributed by atoms with E-state index in [-0.39, 0.29) is 17.6 Å². The van der Waals surface area contributed by atoms with Gasteiger partial charge in [0.15, 0.2) is 12.1 Å². The molecule has 3 heteroatoms. The van der Waals surface area contributed by atoms with Crippen LogP contribution < -0.4 is 0 Å². The summed E-state index contributed by atoms with van der Waals surface area (Å²) in [5, 5.41) is 0. The summed E-state index contributed by atoms with van der Waals surface area (Å²) in [5.41, 5.74) is 1.58. The first kappa shape index (κ1) is 16.1. The van der Waals surface area contributed by atoms with E-state index in [0.717, 1.165) is 12.8 Å². The first-order valence-corrected chi connectivity index (χ1v) is 6.84. The molecular formula is C16H26O3. The summed E-state index contributed by atoms with van der Waals surface area (Å²) in [6, 6.07) is 0. The highest BCUT2D eigenvalue weighted by Crippen LogP contribution is 2.41. The maximum atomic E-state index is 11.9. The molecule has 1 rings (SSSR count). The van der Waals surface area contributed by atoms with Crippen molar-refractivity contribution < 1.29 is 14.3 Å². The number of allylic oxidation sites excluding steroid dienone is 4. The van der Waals surface area contributed by atoms with Crippen LogP contribution in [0.25, 0.3) is 0 Å². The van der Waals surface area contributed by atoms with Crippen molar-refractivity contribution in [2.24, 2.45) is 11.3 Å². The van der Waals surface area contributed by atoms with E-state index in [9.17, 15) is 4.79 Å². The molecule has 1 aliphatic rings. The lowest BCUT2D eigenvalue weighted by Crippen LogP contribution is -2.26. The maximum Gasteiger partial charge on any atom is 0.164 e. The maximum absolute atomic E-state index is 11.9. The van der Waals surface area contributed by atoms with Crippen molar-refractivity contribution in [3.63, 3.8) is 0 Å². The molecule has 108 valence electrons.